The number of nitrogens with one attached hydrogen (secondary N) is 1. The van der Waals surface area contributed by atoms with Gasteiger partial charge in [-0.2, -0.15) is 0 Å². The van der Waals surface area contributed by atoms with Crippen molar-refractivity contribution in [3.05, 3.63) is 98.4 Å². The summed E-state index contributed by atoms with van der Waals surface area (Å²) in [6, 6.07) is 16.7. The van der Waals surface area contributed by atoms with Gasteiger partial charge in [-0.25, -0.2) is 0 Å². The highest BCUT2D eigenvalue weighted by molar-refractivity contribution is 6.30. The van der Waals surface area contributed by atoms with Crippen molar-refractivity contribution >= 4 is 17.5 Å². The zero-order valence-electron chi connectivity index (χ0n) is 17.4. The van der Waals surface area contributed by atoms with Crippen LogP contribution in [0.5, 0.6) is 5.75 Å². The number of benzene rings is 2. The number of hydrogen-bond donors (Lipinski definition) is 2. The van der Waals surface area contributed by atoms with Crippen LogP contribution in [0.25, 0.3) is 0 Å². The lowest BCUT2D eigenvalue weighted by molar-refractivity contribution is -0.120. The van der Waals surface area contributed by atoms with Gasteiger partial charge in [-0.15, -0.1) is 0 Å². The minimum atomic E-state index is -0.235. The molecule has 3 N–H and O–H groups in total. The van der Waals surface area contributed by atoms with Gasteiger partial charge in [0.05, 0.1) is 13.0 Å². The molecule has 0 saturated carbocycles. The lowest BCUT2D eigenvalue weighted by atomic mass is 10.1. The van der Waals surface area contributed by atoms with Crippen LogP contribution in [0.3, 0.4) is 0 Å². The molecule has 3 aromatic rings. The first-order valence-electron chi connectivity index (χ1n) is 10.1. The predicted molar refractivity (Wildman–Crippen MR) is 122 cm³/mol. The summed E-state index contributed by atoms with van der Waals surface area (Å²) in [5, 5.41) is 3.45. The molecule has 2 aromatic carbocycles. The van der Waals surface area contributed by atoms with Crippen LogP contribution < -0.4 is 21.3 Å². The molecule has 1 aromatic heterocycles. The Hall–Kier alpha value is -3.09. The average Bonchev–Trinajstić information content (AvgIpc) is 2.77. The zero-order chi connectivity index (χ0) is 22.2. The number of carbonyl (C=O) groups excluding carboxylic acids is 1. The van der Waals surface area contributed by atoms with Crippen LogP contribution in [-0.4, -0.2) is 17.1 Å². The first kappa shape index (κ1) is 22.6. The topological polar surface area (TPSA) is 86.3 Å². The molecular formula is C24H26ClN3O3. The number of nitrogens with zero attached hydrogens (tertiary/aromatic N) is 1. The molecule has 1 heterocycles. The number of amides is 1. The van der Waals surface area contributed by atoms with E-state index in [2.05, 4.69) is 5.32 Å². The summed E-state index contributed by atoms with van der Waals surface area (Å²) < 4.78 is 7.25. The first-order valence-corrected chi connectivity index (χ1v) is 10.5. The third-order valence-electron chi connectivity index (χ3n) is 5.05. The van der Waals surface area contributed by atoms with Crippen molar-refractivity contribution in [2.75, 3.05) is 6.61 Å². The van der Waals surface area contributed by atoms with Crippen LogP contribution in [-0.2, 0) is 30.8 Å². The number of para-hydroxylation sites is 1. The minimum absolute atomic E-state index is 0.00354. The Morgan fingerprint density at radius 2 is 1.90 bits per heavy atom. The summed E-state index contributed by atoms with van der Waals surface area (Å²) in [6.45, 7) is 3.24. The van der Waals surface area contributed by atoms with E-state index < -0.39 is 0 Å². The SMILES string of the molecule is Cc1ccn(CCOc2ccccc2)c(=O)c1CC(=O)NCc1cc(Cl)ccc1CN. The zero-order valence-corrected chi connectivity index (χ0v) is 18.2. The molecule has 0 aliphatic rings. The van der Waals surface area contributed by atoms with Crippen LogP contribution in [0.1, 0.15) is 22.3 Å². The van der Waals surface area contributed by atoms with Crippen molar-refractivity contribution < 1.29 is 9.53 Å². The Kier molecular flexibility index (Phi) is 7.87. The normalized spacial score (nSPS) is 10.7. The van der Waals surface area contributed by atoms with Gasteiger partial charge in [-0.3, -0.25) is 9.59 Å². The van der Waals surface area contributed by atoms with Gasteiger partial charge in [0.2, 0.25) is 5.91 Å². The van der Waals surface area contributed by atoms with Crippen LogP contribution in [0.2, 0.25) is 5.02 Å². The number of pyridine rings is 1. The number of carbonyl (C=O) groups is 1. The number of aryl methyl sites for hydroxylation is 1. The van der Waals surface area contributed by atoms with Gasteiger partial charge in [-0.05, 0) is 53.9 Å². The molecule has 3 rings (SSSR count). The van der Waals surface area contributed by atoms with Gasteiger partial charge >= 0.3 is 0 Å². The van der Waals surface area contributed by atoms with Gasteiger partial charge in [0, 0.05) is 29.9 Å². The maximum absolute atomic E-state index is 12.9. The molecule has 0 spiro atoms. The number of aromatic nitrogens is 1. The van der Waals surface area contributed by atoms with Crippen molar-refractivity contribution in [2.45, 2.75) is 33.0 Å². The summed E-state index contributed by atoms with van der Waals surface area (Å²) in [5.41, 5.74) is 8.61. The first-order chi connectivity index (χ1) is 15.0. The highest BCUT2D eigenvalue weighted by Crippen LogP contribution is 2.16. The van der Waals surface area contributed by atoms with Gasteiger partial charge in [0.1, 0.15) is 12.4 Å². The average molecular weight is 440 g/mol. The molecule has 1 amide bonds. The van der Waals surface area contributed by atoms with E-state index in [1.54, 1.807) is 22.9 Å². The minimum Gasteiger partial charge on any atom is -0.492 e. The van der Waals surface area contributed by atoms with Gasteiger partial charge < -0.3 is 20.4 Å². The fourth-order valence-corrected chi connectivity index (χ4v) is 3.45. The second kappa shape index (κ2) is 10.8. The molecule has 0 aliphatic heterocycles. The quantitative estimate of drug-likeness (QED) is 0.536. The van der Waals surface area contributed by atoms with Crippen molar-refractivity contribution in [1.29, 1.82) is 0 Å². The fraction of sp³-hybridized carbons (Fsp3) is 0.250. The fourth-order valence-electron chi connectivity index (χ4n) is 3.26. The molecule has 31 heavy (non-hydrogen) atoms. The van der Waals surface area contributed by atoms with E-state index in [4.69, 9.17) is 22.1 Å². The molecule has 0 radical (unpaired) electrons. The van der Waals surface area contributed by atoms with Crippen LogP contribution in [0, 0.1) is 6.92 Å². The Labute approximate surface area is 186 Å². The second-order valence-corrected chi connectivity index (χ2v) is 7.64. The summed E-state index contributed by atoms with van der Waals surface area (Å²) in [5.74, 6) is 0.515. The summed E-state index contributed by atoms with van der Waals surface area (Å²) >= 11 is 6.05. The highest BCUT2D eigenvalue weighted by Gasteiger charge is 2.13. The van der Waals surface area contributed by atoms with Crippen molar-refractivity contribution in [3.63, 3.8) is 0 Å². The van der Waals surface area contributed by atoms with Crippen molar-refractivity contribution in [1.82, 2.24) is 9.88 Å². The summed E-state index contributed by atoms with van der Waals surface area (Å²) in [6.07, 6.45) is 1.73. The van der Waals surface area contributed by atoms with Crippen LogP contribution in [0.15, 0.2) is 65.6 Å². The molecule has 0 bridgehead atoms. The molecule has 0 saturated heterocycles. The third kappa shape index (κ3) is 6.20. The Morgan fingerprint density at radius 1 is 1.13 bits per heavy atom. The van der Waals surface area contributed by atoms with E-state index in [-0.39, 0.29) is 17.9 Å². The van der Waals surface area contributed by atoms with Crippen LogP contribution in [0.4, 0.5) is 0 Å². The Bertz CT molecular complexity index is 1100. The van der Waals surface area contributed by atoms with Crippen molar-refractivity contribution in [2.24, 2.45) is 5.73 Å². The number of hydrogen-bond acceptors (Lipinski definition) is 4. The largest absolute Gasteiger partial charge is 0.492 e. The standard InChI is InChI=1S/C24H26ClN3O3/c1-17-9-10-28(11-12-31-21-5-3-2-4-6-21)24(30)22(17)14-23(29)27-16-19-13-20(25)8-7-18(19)15-26/h2-10,13H,11-12,14-16,26H2,1H3,(H,27,29). The van der Waals surface area contributed by atoms with E-state index in [0.29, 0.717) is 36.8 Å². The second-order valence-electron chi connectivity index (χ2n) is 7.21. The predicted octanol–water partition coefficient (Wildman–Crippen LogP) is 3.21. The van der Waals surface area contributed by atoms with E-state index in [1.807, 2.05) is 49.4 Å². The Morgan fingerprint density at radius 3 is 2.65 bits per heavy atom. The number of nitrogens with two attached hydrogens (primary N) is 1. The molecular weight excluding hydrogens is 414 g/mol. The molecule has 162 valence electrons. The number of rotatable bonds is 9. The third-order valence-corrected chi connectivity index (χ3v) is 5.28. The number of halogens is 1. The highest BCUT2D eigenvalue weighted by atomic mass is 35.5. The summed E-state index contributed by atoms with van der Waals surface area (Å²) in [7, 11) is 0. The van der Waals surface area contributed by atoms with Crippen molar-refractivity contribution in [3.8, 4) is 5.75 Å². The van der Waals surface area contributed by atoms with E-state index in [0.717, 1.165) is 22.4 Å². The molecule has 7 heteroatoms. The molecule has 0 atom stereocenters. The van der Waals surface area contributed by atoms with Gasteiger partial charge in [0.15, 0.2) is 0 Å². The molecule has 0 fully saturated rings. The summed E-state index contributed by atoms with van der Waals surface area (Å²) in [4.78, 5) is 25.4. The monoisotopic (exact) mass is 439 g/mol. The van der Waals surface area contributed by atoms with E-state index in [1.165, 1.54) is 0 Å². The molecule has 6 nitrogen and oxygen atoms in total. The molecule has 0 unspecified atom stereocenters. The van der Waals surface area contributed by atoms with Gasteiger partial charge in [0.25, 0.3) is 5.56 Å². The van der Waals surface area contributed by atoms with E-state index >= 15 is 0 Å². The lowest BCUT2D eigenvalue weighted by Gasteiger charge is -2.13. The van der Waals surface area contributed by atoms with E-state index in [9.17, 15) is 9.59 Å². The Balaban J connectivity index is 1.63. The maximum Gasteiger partial charge on any atom is 0.254 e. The van der Waals surface area contributed by atoms with Crippen LogP contribution >= 0.6 is 11.6 Å². The lowest BCUT2D eigenvalue weighted by Crippen LogP contribution is -2.32. The maximum atomic E-state index is 12.9. The molecule has 0 aliphatic carbocycles. The number of ether oxygens (including phenoxy) is 1. The van der Waals surface area contributed by atoms with Gasteiger partial charge in [-0.1, -0.05) is 35.9 Å². The smallest absolute Gasteiger partial charge is 0.254 e.